The Hall–Kier alpha value is -3.84. The third kappa shape index (κ3) is 6.72. The molecule has 196 valence electrons. The molecule has 0 radical (unpaired) electrons. The number of esters is 2. The molecule has 0 N–H and O–H groups in total. The molecule has 9 heteroatoms. The summed E-state index contributed by atoms with van der Waals surface area (Å²) >= 11 is 0. The summed E-state index contributed by atoms with van der Waals surface area (Å²) in [5.41, 5.74) is -0.454. The van der Waals surface area contributed by atoms with Crippen molar-refractivity contribution in [1.29, 1.82) is 0 Å². The first-order chi connectivity index (χ1) is 18.1. The van der Waals surface area contributed by atoms with E-state index in [0.29, 0.717) is 0 Å². The number of benzene rings is 4. The van der Waals surface area contributed by atoms with Crippen molar-refractivity contribution in [1.82, 2.24) is 0 Å². The number of hydrogen-bond acceptors (Lipinski definition) is 7. The molecule has 4 rings (SSSR count). The van der Waals surface area contributed by atoms with Crippen molar-refractivity contribution >= 4 is 45.2 Å². The average molecular weight is 551 g/mol. The molecular formula is C29H27O7PS. The average Bonchev–Trinajstić information content (AvgIpc) is 2.96. The summed E-state index contributed by atoms with van der Waals surface area (Å²) in [5, 5.41) is 4.28. The molecule has 0 aliphatic carbocycles. The summed E-state index contributed by atoms with van der Waals surface area (Å²) in [4.78, 5) is 21.9. The van der Waals surface area contributed by atoms with Gasteiger partial charge in [-0.1, -0.05) is 54.6 Å². The van der Waals surface area contributed by atoms with Crippen LogP contribution in [0.2, 0.25) is 0 Å². The van der Waals surface area contributed by atoms with Crippen LogP contribution in [0.4, 0.5) is 0 Å². The van der Waals surface area contributed by atoms with Crippen molar-refractivity contribution in [2.45, 2.75) is 4.90 Å². The molecule has 0 atom stereocenters. The Kier molecular flexibility index (Phi) is 9.53. The third-order valence-corrected chi connectivity index (χ3v) is 10.7. The highest BCUT2D eigenvalue weighted by atomic mass is 32.2. The second kappa shape index (κ2) is 12.6. The highest BCUT2D eigenvalue weighted by Gasteiger charge is 2.39. The van der Waals surface area contributed by atoms with E-state index in [2.05, 4.69) is 107 Å². The predicted octanol–water partition coefficient (Wildman–Crippen LogP) is 3.77. The maximum absolute atomic E-state index is 11.3. The molecule has 0 amide bonds. The first-order valence-electron chi connectivity index (χ1n) is 11.4. The molecule has 0 aliphatic heterocycles. The highest BCUT2D eigenvalue weighted by Crippen LogP contribution is 2.51. The number of methoxy groups -OCH3 is 2. The molecule has 0 fully saturated rings. The Morgan fingerprint density at radius 2 is 0.947 bits per heavy atom. The van der Waals surface area contributed by atoms with Gasteiger partial charge >= 0.3 is 11.9 Å². The van der Waals surface area contributed by atoms with Crippen LogP contribution in [0.1, 0.15) is 20.7 Å². The number of rotatable bonds is 6. The fraction of sp³-hybridized carbons (Fsp3) is 0.103. The fourth-order valence-electron chi connectivity index (χ4n) is 3.84. The molecule has 0 bridgehead atoms. The minimum Gasteiger partial charge on any atom is -0.744 e. The largest absolute Gasteiger partial charge is 0.744 e. The van der Waals surface area contributed by atoms with Crippen LogP contribution in [0, 0.1) is 0 Å². The van der Waals surface area contributed by atoms with Crippen LogP contribution in [0.3, 0.4) is 0 Å². The Labute approximate surface area is 223 Å². The second-order valence-electron chi connectivity index (χ2n) is 8.20. The maximum atomic E-state index is 11.3. The lowest BCUT2D eigenvalue weighted by Crippen LogP contribution is -2.30. The van der Waals surface area contributed by atoms with E-state index in [1.165, 1.54) is 15.9 Å². The SMILES string of the molecule is COC(=O)c1cc(C(=O)OC)cc(S(=O)(=O)[O-])c1.C[P+](c1ccccc1)(c1ccccc1)c1ccccc1. The zero-order valence-corrected chi connectivity index (χ0v) is 22.8. The van der Waals surface area contributed by atoms with Crippen molar-refractivity contribution < 1.29 is 32.0 Å². The molecule has 7 nitrogen and oxygen atoms in total. The smallest absolute Gasteiger partial charge is 0.337 e. The predicted molar refractivity (Wildman–Crippen MR) is 148 cm³/mol. The van der Waals surface area contributed by atoms with E-state index in [1.54, 1.807) is 0 Å². The topological polar surface area (TPSA) is 110 Å². The van der Waals surface area contributed by atoms with Gasteiger partial charge in [-0.2, -0.15) is 0 Å². The van der Waals surface area contributed by atoms with Gasteiger partial charge in [0.25, 0.3) is 0 Å². The molecule has 0 aliphatic rings. The molecule has 4 aromatic rings. The lowest BCUT2D eigenvalue weighted by Gasteiger charge is -2.22. The van der Waals surface area contributed by atoms with E-state index in [9.17, 15) is 22.6 Å². The van der Waals surface area contributed by atoms with Crippen LogP contribution in [0.5, 0.6) is 0 Å². The van der Waals surface area contributed by atoms with Gasteiger partial charge in [0, 0.05) is 0 Å². The summed E-state index contributed by atoms with van der Waals surface area (Å²) < 4.78 is 41.5. The van der Waals surface area contributed by atoms with E-state index in [1.807, 2.05) is 0 Å². The fourth-order valence-corrected chi connectivity index (χ4v) is 7.58. The molecule has 4 aromatic carbocycles. The molecule has 0 saturated heterocycles. The quantitative estimate of drug-likeness (QED) is 0.204. The van der Waals surface area contributed by atoms with Gasteiger partial charge in [0.05, 0.1) is 36.9 Å². The van der Waals surface area contributed by atoms with Gasteiger partial charge < -0.3 is 14.0 Å². The van der Waals surface area contributed by atoms with Crippen molar-refractivity contribution in [3.63, 3.8) is 0 Å². The summed E-state index contributed by atoms with van der Waals surface area (Å²) in [7, 11) is -4.16. The van der Waals surface area contributed by atoms with Gasteiger partial charge in [-0.15, -0.1) is 0 Å². The van der Waals surface area contributed by atoms with Gasteiger partial charge in [-0.3, -0.25) is 0 Å². The van der Waals surface area contributed by atoms with Crippen LogP contribution < -0.4 is 15.9 Å². The van der Waals surface area contributed by atoms with E-state index in [0.717, 1.165) is 32.4 Å². The molecular weight excluding hydrogens is 523 g/mol. The standard InChI is InChI=1S/C19H18P.C10H10O7S/c1-20(17-11-5-2-6-12-17,18-13-7-3-8-14-18)19-15-9-4-10-16-19;1-16-9(11)6-3-7(10(12)17-2)5-8(4-6)18(13,14)15/h2-16H,1H3;3-5H,1-2H3,(H,13,14,15)/q+1;/p-1. The summed E-state index contributed by atoms with van der Waals surface area (Å²) in [6.07, 6.45) is 0. The first kappa shape index (κ1) is 28.7. The van der Waals surface area contributed by atoms with Crippen molar-refractivity contribution in [2.24, 2.45) is 0 Å². The van der Waals surface area contributed by atoms with Gasteiger partial charge in [-0.05, 0) is 54.6 Å². The Balaban J connectivity index is 0.000000212. The Morgan fingerprint density at radius 1 is 0.632 bits per heavy atom. The molecule has 0 spiro atoms. The van der Waals surface area contributed by atoms with E-state index in [-0.39, 0.29) is 11.1 Å². The van der Waals surface area contributed by atoms with Crippen LogP contribution in [-0.2, 0) is 19.6 Å². The zero-order valence-electron chi connectivity index (χ0n) is 21.1. The molecule has 0 heterocycles. The number of ether oxygens (including phenoxy) is 2. The summed E-state index contributed by atoms with van der Waals surface area (Å²) in [6, 6.07) is 35.4. The van der Waals surface area contributed by atoms with Crippen molar-refractivity contribution in [3.8, 4) is 0 Å². The lowest BCUT2D eigenvalue weighted by atomic mass is 10.1. The Morgan fingerprint density at radius 3 is 1.21 bits per heavy atom. The maximum Gasteiger partial charge on any atom is 0.337 e. The van der Waals surface area contributed by atoms with E-state index < -0.39 is 34.2 Å². The number of carbonyl (C=O) groups excluding carboxylic acids is 2. The van der Waals surface area contributed by atoms with E-state index >= 15 is 0 Å². The van der Waals surface area contributed by atoms with Crippen molar-refractivity contribution in [2.75, 3.05) is 20.9 Å². The monoisotopic (exact) mass is 550 g/mol. The first-order valence-corrected chi connectivity index (χ1v) is 15.1. The van der Waals surface area contributed by atoms with Crippen LogP contribution in [0.25, 0.3) is 0 Å². The Bertz CT molecular complexity index is 1360. The minimum absolute atomic E-state index is 0.227. The van der Waals surface area contributed by atoms with Crippen LogP contribution in [-0.4, -0.2) is 45.8 Å². The molecule has 0 saturated carbocycles. The summed E-state index contributed by atoms with van der Waals surface area (Å²) in [5.74, 6) is -1.74. The van der Waals surface area contributed by atoms with Gasteiger partial charge in [-0.25, -0.2) is 18.0 Å². The van der Waals surface area contributed by atoms with Gasteiger partial charge in [0.1, 0.15) is 33.3 Å². The number of carbonyl (C=O) groups is 2. The normalized spacial score (nSPS) is 11.1. The lowest BCUT2D eigenvalue weighted by molar-refractivity contribution is 0.0598. The van der Waals surface area contributed by atoms with Gasteiger partial charge in [0.2, 0.25) is 0 Å². The zero-order chi connectivity index (χ0) is 27.8. The van der Waals surface area contributed by atoms with Crippen molar-refractivity contribution in [3.05, 3.63) is 120 Å². The summed E-state index contributed by atoms with van der Waals surface area (Å²) in [6.45, 7) is 2.41. The molecule has 38 heavy (non-hydrogen) atoms. The third-order valence-electron chi connectivity index (χ3n) is 5.86. The van der Waals surface area contributed by atoms with E-state index in [4.69, 9.17) is 0 Å². The van der Waals surface area contributed by atoms with Crippen LogP contribution >= 0.6 is 7.26 Å². The molecule has 0 unspecified atom stereocenters. The number of hydrogen-bond donors (Lipinski definition) is 0. The minimum atomic E-state index is -4.80. The molecule has 0 aromatic heterocycles. The van der Waals surface area contributed by atoms with Crippen LogP contribution in [0.15, 0.2) is 114 Å². The van der Waals surface area contributed by atoms with Gasteiger partial charge in [0.15, 0.2) is 0 Å². The highest BCUT2D eigenvalue weighted by molar-refractivity contribution is 7.95. The second-order valence-corrected chi connectivity index (χ2v) is 13.1.